The number of hydrogen-bond donors (Lipinski definition) is 0. The monoisotopic (exact) mass is 304 g/mol. The average Bonchev–Trinajstić information content (AvgIpc) is 2.51. The topological polar surface area (TPSA) is 59.0 Å². The Hall–Kier alpha value is -2.01. The molecule has 5 nitrogen and oxygen atoms in total. The van der Waals surface area contributed by atoms with Gasteiger partial charge in [-0.2, -0.15) is 0 Å². The number of pyridine rings is 1. The molecule has 2 aromatic heterocycles. The maximum Gasteiger partial charge on any atom is 0.272 e. The maximum atomic E-state index is 12.3. The van der Waals surface area contributed by atoms with E-state index in [2.05, 4.69) is 15.0 Å². The van der Waals surface area contributed by atoms with Gasteiger partial charge in [0.15, 0.2) is 0 Å². The summed E-state index contributed by atoms with van der Waals surface area (Å²) in [6.45, 7) is 7.09. The fraction of sp³-hybridized carbons (Fsp3) is 0.333. The lowest BCUT2D eigenvalue weighted by Crippen LogP contribution is -2.31. The summed E-state index contributed by atoms with van der Waals surface area (Å²) in [6, 6.07) is 3.55. The molecule has 0 aliphatic rings. The third-order valence-electron chi connectivity index (χ3n) is 3.25. The molecule has 2 rings (SSSR count). The first-order valence-electron chi connectivity index (χ1n) is 6.81. The van der Waals surface area contributed by atoms with Gasteiger partial charge >= 0.3 is 0 Å². The van der Waals surface area contributed by atoms with Crippen LogP contribution in [0.4, 0.5) is 0 Å². The lowest BCUT2D eigenvalue weighted by molar-refractivity contribution is 0.0767. The van der Waals surface area contributed by atoms with Crippen LogP contribution in [-0.2, 0) is 0 Å². The van der Waals surface area contributed by atoms with Gasteiger partial charge in [-0.25, -0.2) is 9.97 Å². The highest BCUT2D eigenvalue weighted by Gasteiger charge is 2.15. The van der Waals surface area contributed by atoms with Crippen molar-refractivity contribution in [2.24, 2.45) is 0 Å². The van der Waals surface area contributed by atoms with Crippen molar-refractivity contribution in [2.75, 3.05) is 13.1 Å². The van der Waals surface area contributed by atoms with Crippen LogP contribution in [0, 0.1) is 6.92 Å². The highest BCUT2D eigenvalue weighted by atomic mass is 35.5. The number of nitrogens with zero attached hydrogens (tertiary/aromatic N) is 4. The summed E-state index contributed by atoms with van der Waals surface area (Å²) in [5.74, 6) is -0.0837. The largest absolute Gasteiger partial charge is 0.338 e. The van der Waals surface area contributed by atoms with E-state index in [0.29, 0.717) is 24.5 Å². The molecule has 2 aromatic rings. The van der Waals surface area contributed by atoms with Crippen LogP contribution in [0.5, 0.6) is 0 Å². The minimum absolute atomic E-state index is 0.0837. The molecular formula is C15H17ClN4O. The predicted octanol–water partition coefficient (Wildman–Crippen LogP) is 2.98. The van der Waals surface area contributed by atoms with Crippen molar-refractivity contribution in [3.63, 3.8) is 0 Å². The number of carbonyl (C=O) groups excluding carboxylic acids is 1. The van der Waals surface area contributed by atoms with Crippen LogP contribution in [0.25, 0.3) is 11.3 Å². The maximum absolute atomic E-state index is 12.3. The Morgan fingerprint density at radius 2 is 2.00 bits per heavy atom. The van der Waals surface area contributed by atoms with E-state index in [4.69, 9.17) is 11.6 Å². The molecule has 0 radical (unpaired) electrons. The molecule has 1 amide bonds. The van der Waals surface area contributed by atoms with E-state index in [-0.39, 0.29) is 11.2 Å². The number of halogens is 1. The Labute approximate surface area is 129 Å². The van der Waals surface area contributed by atoms with Crippen LogP contribution < -0.4 is 0 Å². The number of aryl methyl sites for hydroxylation is 1. The van der Waals surface area contributed by atoms with Crippen LogP contribution in [0.2, 0.25) is 5.28 Å². The van der Waals surface area contributed by atoms with Crippen molar-refractivity contribution >= 4 is 17.5 Å². The second-order valence-electron chi connectivity index (χ2n) is 4.58. The predicted molar refractivity (Wildman–Crippen MR) is 82.3 cm³/mol. The van der Waals surface area contributed by atoms with Crippen LogP contribution in [0.15, 0.2) is 24.5 Å². The first kappa shape index (κ1) is 15.4. The van der Waals surface area contributed by atoms with Crippen molar-refractivity contribution in [3.05, 3.63) is 41.1 Å². The smallest absolute Gasteiger partial charge is 0.272 e. The second kappa shape index (κ2) is 6.63. The third kappa shape index (κ3) is 3.36. The first-order valence-corrected chi connectivity index (χ1v) is 7.19. The first-order chi connectivity index (χ1) is 10.1. The molecule has 0 atom stereocenters. The number of aromatic nitrogens is 3. The highest BCUT2D eigenvalue weighted by Crippen LogP contribution is 2.22. The van der Waals surface area contributed by atoms with Gasteiger partial charge in [0.1, 0.15) is 5.69 Å². The highest BCUT2D eigenvalue weighted by molar-refractivity contribution is 6.28. The molecule has 0 N–H and O–H groups in total. The zero-order valence-electron chi connectivity index (χ0n) is 12.3. The van der Waals surface area contributed by atoms with E-state index >= 15 is 0 Å². The molecule has 6 heteroatoms. The SMILES string of the molecule is CCN(CC)C(=O)c1cc(-c2nc(Cl)ncc2C)ccn1. The molecule has 0 bridgehead atoms. The minimum atomic E-state index is -0.0837. The van der Waals surface area contributed by atoms with Crippen LogP contribution in [-0.4, -0.2) is 38.8 Å². The quantitative estimate of drug-likeness (QED) is 0.815. The molecule has 110 valence electrons. The fourth-order valence-corrected chi connectivity index (χ4v) is 2.21. The summed E-state index contributed by atoms with van der Waals surface area (Å²) >= 11 is 5.85. The van der Waals surface area contributed by atoms with Crippen LogP contribution in [0.3, 0.4) is 0 Å². The molecule has 0 fully saturated rings. The van der Waals surface area contributed by atoms with Gasteiger partial charge in [-0.15, -0.1) is 0 Å². The van der Waals surface area contributed by atoms with Gasteiger partial charge in [-0.05, 0) is 50.1 Å². The Bertz CT molecular complexity index is 656. The van der Waals surface area contributed by atoms with Gasteiger partial charge in [0, 0.05) is 31.0 Å². The van der Waals surface area contributed by atoms with E-state index in [9.17, 15) is 4.79 Å². The van der Waals surface area contributed by atoms with Gasteiger partial charge in [-0.3, -0.25) is 9.78 Å². The molecule has 0 aliphatic carbocycles. The van der Waals surface area contributed by atoms with Crippen LogP contribution in [0.1, 0.15) is 29.9 Å². The van der Waals surface area contributed by atoms with Gasteiger partial charge in [-0.1, -0.05) is 0 Å². The molecule has 0 saturated heterocycles. The van der Waals surface area contributed by atoms with E-state index in [1.165, 1.54) is 0 Å². The van der Waals surface area contributed by atoms with Crippen molar-refractivity contribution in [3.8, 4) is 11.3 Å². The average molecular weight is 305 g/mol. The molecule has 0 aliphatic heterocycles. The molecule has 0 spiro atoms. The lowest BCUT2D eigenvalue weighted by atomic mass is 10.1. The standard InChI is InChI=1S/C15H17ClN4O/c1-4-20(5-2)14(21)12-8-11(6-7-17-12)13-10(3)9-18-15(16)19-13/h6-9H,4-5H2,1-3H3. The summed E-state index contributed by atoms with van der Waals surface area (Å²) in [5.41, 5.74) is 2.82. The van der Waals surface area contributed by atoms with Gasteiger partial charge < -0.3 is 4.90 Å². The Morgan fingerprint density at radius 1 is 1.29 bits per heavy atom. The Morgan fingerprint density at radius 3 is 2.67 bits per heavy atom. The van der Waals surface area contributed by atoms with E-state index in [0.717, 1.165) is 11.1 Å². The van der Waals surface area contributed by atoms with Crippen molar-refractivity contribution < 1.29 is 4.79 Å². The minimum Gasteiger partial charge on any atom is -0.338 e. The zero-order chi connectivity index (χ0) is 15.4. The number of hydrogen-bond acceptors (Lipinski definition) is 4. The Kier molecular flexibility index (Phi) is 4.85. The van der Waals surface area contributed by atoms with E-state index in [1.807, 2.05) is 26.8 Å². The van der Waals surface area contributed by atoms with E-state index in [1.54, 1.807) is 23.4 Å². The van der Waals surface area contributed by atoms with E-state index < -0.39 is 0 Å². The Balaban J connectivity index is 2.42. The third-order valence-corrected chi connectivity index (χ3v) is 3.43. The summed E-state index contributed by atoms with van der Waals surface area (Å²) in [7, 11) is 0. The molecule has 2 heterocycles. The van der Waals surface area contributed by atoms with Gasteiger partial charge in [0.2, 0.25) is 5.28 Å². The fourth-order valence-electron chi connectivity index (χ4n) is 2.08. The van der Waals surface area contributed by atoms with Gasteiger partial charge in [0.05, 0.1) is 5.69 Å². The molecule has 0 aromatic carbocycles. The normalized spacial score (nSPS) is 10.5. The lowest BCUT2D eigenvalue weighted by Gasteiger charge is -2.18. The molecule has 0 saturated carbocycles. The zero-order valence-corrected chi connectivity index (χ0v) is 13.1. The summed E-state index contributed by atoms with van der Waals surface area (Å²) in [6.07, 6.45) is 3.28. The number of rotatable bonds is 4. The van der Waals surface area contributed by atoms with Crippen molar-refractivity contribution in [1.82, 2.24) is 19.9 Å². The van der Waals surface area contributed by atoms with Crippen molar-refractivity contribution in [2.45, 2.75) is 20.8 Å². The summed E-state index contributed by atoms with van der Waals surface area (Å²) < 4.78 is 0. The van der Waals surface area contributed by atoms with Gasteiger partial charge in [0.25, 0.3) is 5.91 Å². The van der Waals surface area contributed by atoms with Crippen LogP contribution >= 0.6 is 11.6 Å². The summed E-state index contributed by atoms with van der Waals surface area (Å²) in [4.78, 5) is 26.4. The second-order valence-corrected chi connectivity index (χ2v) is 4.92. The van der Waals surface area contributed by atoms with Crippen molar-refractivity contribution in [1.29, 1.82) is 0 Å². The molecule has 21 heavy (non-hydrogen) atoms. The molecular weight excluding hydrogens is 288 g/mol. The number of carbonyl (C=O) groups is 1. The number of amides is 1. The summed E-state index contributed by atoms with van der Waals surface area (Å²) in [5, 5.41) is 0.184. The molecule has 0 unspecified atom stereocenters.